The van der Waals surface area contributed by atoms with E-state index in [0.29, 0.717) is 12.0 Å². The third kappa shape index (κ3) is 4.30. The maximum absolute atomic E-state index is 10.8. The zero-order valence-electron chi connectivity index (χ0n) is 18.1. The van der Waals surface area contributed by atoms with Crippen molar-refractivity contribution in [2.24, 2.45) is 0 Å². The highest BCUT2D eigenvalue weighted by molar-refractivity contribution is 5.98. The van der Waals surface area contributed by atoms with Crippen molar-refractivity contribution in [3.05, 3.63) is 42.0 Å². The van der Waals surface area contributed by atoms with Crippen LogP contribution < -0.4 is 14.4 Å². The van der Waals surface area contributed by atoms with E-state index in [9.17, 15) is 10.1 Å². The molecule has 0 unspecified atom stereocenters. The molecule has 0 atom stereocenters. The Bertz CT molecular complexity index is 1060. The van der Waals surface area contributed by atoms with Gasteiger partial charge in [0.1, 0.15) is 12.6 Å². The molecule has 0 aliphatic carbocycles. The van der Waals surface area contributed by atoms with Gasteiger partial charge in [0.15, 0.2) is 0 Å². The van der Waals surface area contributed by atoms with E-state index < -0.39 is 5.97 Å². The van der Waals surface area contributed by atoms with Crippen molar-refractivity contribution in [1.82, 2.24) is 0 Å². The van der Waals surface area contributed by atoms with Crippen LogP contribution in [0.5, 0.6) is 0 Å². The fourth-order valence-corrected chi connectivity index (χ4v) is 3.82. The van der Waals surface area contributed by atoms with Crippen LogP contribution in [0.2, 0.25) is 0 Å². The molecule has 1 heterocycles. The van der Waals surface area contributed by atoms with Gasteiger partial charge in [0.25, 0.3) is 0 Å². The number of aliphatic carboxylic acids is 1. The van der Waals surface area contributed by atoms with Gasteiger partial charge in [-0.1, -0.05) is 0 Å². The fraction of sp³-hybridized carbons (Fsp3) is 0.375. The summed E-state index contributed by atoms with van der Waals surface area (Å²) in [5, 5.41) is 20.7. The largest absolute Gasteiger partial charge is 0.481 e. The van der Waals surface area contributed by atoms with E-state index in [4.69, 9.17) is 5.11 Å². The molecule has 3 aromatic rings. The molecular weight excluding hydrogens is 376 g/mol. The van der Waals surface area contributed by atoms with Crippen molar-refractivity contribution in [2.75, 3.05) is 38.0 Å². The third-order valence-electron chi connectivity index (χ3n) is 5.50. The van der Waals surface area contributed by atoms with Crippen molar-refractivity contribution in [1.29, 1.82) is 5.26 Å². The lowest BCUT2D eigenvalue weighted by Gasteiger charge is -2.16. The molecule has 0 spiro atoms. The summed E-state index contributed by atoms with van der Waals surface area (Å²) in [7, 11) is 8.03. The number of nitrogens with zero attached hydrogens (tertiary/aromatic N) is 4. The molecule has 0 amide bonds. The molecule has 3 rings (SSSR count). The number of nitriles is 1. The van der Waals surface area contributed by atoms with Crippen molar-refractivity contribution in [3.63, 3.8) is 0 Å². The highest BCUT2D eigenvalue weighted by Gasteiger charge is 2.22. The Morgan fingerprint density at radius 1 is 0.933 bits per heavy atom. The third-order valence-corrected chi connectivity index (χ3v) is 5.50. The van der Waals surface area contributed by atoms with E-state index in [0.717, 1.165) is 52.6 Å². The average molecular weight is 406 g/mol. The maximum atomic E-state index is 10.8. The summed E-state index contributed by atoms with van der Waals surface area (Å²) in [5.41, 5.74) is 4.90. The second-order valence-corrected chi connectivity index (χ2v) is 8.03. The summed E-state index contributed by atoms with van der Waals surface area (Å²) in [5.74, 6) is -0.747. The monoisotopic (exact) mass is 405 g/mol. The van der Waals surface area contributed by atoms with Crippen LogP contribution in [0.3, 0.4) is 0 Å². The van der Waals surface area contributed by atoms with E-state index >= 15 is 0 Å². The zero-order chi connectivity index (χ0) is 21.8. The number of carboxylic acids is 1. The quantitative estimate of drug-likeness (QED) is 0.349. The lowest BCUT2D eigenvalue weighted by atomic mass is 10.0. The number of hydrogen-bond acceptors (Lipinski definition) is 4. The maximum Gasteiger partial charge on any atom is 0.303 e. The summed E-state index contributed by atoms with van der Waals surface area (Å²) in [4.78, 5) is 14.9. The number of hydrogen-bond donors (Lipinski definition) is 1. The number of carboxylic acid groups (broad SMARTS) is 1. The van der Waals surface area contributed by atoms with Crippen LogP contribution >= 0.6 is 0 Å². The lowest BCUT2D eigenvalue weighted by Crippen LogP contribution is -2.36. The van der Waals surface area contributed by atoms with Crippen molar-refractivity contribution in [2.45, 2.75) is 32.2 Å². The number of unbranched alkanes of at least 4 members (excludes halogenated alkanes) is 2. The molecule has 6 heteroatoms. The number of benzene rings is 2. The highest BCUT2D eigenvalue weighted by Crippen LogP contribution is 2.29. The number of anilines is 2. The Kier molecular flexibility index (Phi) is 6.41. The Hall–Kier alpha value is -3.33. The predicted octanol–water partition coefficient (Wildman–Crippen LogP) is 3.93. The number of pyridine rings is 1. The lowest BCUT2D eigenvalue weighted by molar-refractivity contribution is -0.645. The molecule has 30 heavy (non-hydrogen) atoms. The fourth-order valence-electron chi connectivity index (χ4n) is 3.82. The van der Waals surface area contributed by atoms with Gasteiger partial charge in [0, 0.05) is 64.5 Å². The Labute approximate surface area is 177 Å². The molecule has 2 aromatic carbocycles. The van der Waals surface area contributed by atoms with Crippen molar-refractivity contribution < 1.29 is 14.5 Å². The van der Waals surface area contributed by atoms with E-state index in [2.05, 4.69) is 32.6 Å². The van der Waals surface area contributed by atoms with Crippen molar-refractivity contribution in [3.8, 4) is 6.07 Å². The topological polar surface area (TPSA) is 71.5 Å². The van der Waals surface area contributed by atoms with Crippen LogP contribution in [0, 0.1) is 11.3 Å². The smallest absolute Gasteiger partial charge is 0.303 e. The first-order chi connectivity index (χ1) is 14.3. The summed E-state index contributed by atoms with van der Waals surface area (Å²) >= 11 is 0. The Balaban J connectivity index is 2.20. The minimum Gasteiger partial charge on any atom is -0.481 e. The van der Waals surface area contributed by atoms with Gasteiger partial charge in [0.05, 0.1) is 16.3 Å². The predicted molar refractivity (Wildman–Crippen MR) is 121 cm³/mol. The van der Waals surface area contributed by atoms with E-state index in [1.807, 2.05) is 52.5 Å². The molecule has 0 fully saturated rings. The second kappa shape index (κ2) is 9.00. The zero-order valence-corrected chi connectivity index (χ0v) is 18.1. The van der Waals surface area contributed by atoms with Crippen molar-refractivity contribution >= 4 is 39.1 Å². The molecule has 0 radical (unpaired) electrons. The number of aryl methyl sites for hydroxylation is 1. The van der Waals surface area contributed by atoms with E-state index in [1.54, 1.807) is 0 Å². The minimum atomic E-state index is -0.747. The summed E-state index contributed by atoms with van der Waals surface area (Å²) in [6, 6.07) is 14.8. The highest BCUT2D eigenvalue weighted by atomic mass is 16.4. The standard InChI is InChI=1S/C24H28N4O2/c1-26(2)17-9-11-19-21(16-25)20-12-10-18(27(3)4)15-23(20)28(22(19)14-17)13-7-5-6-8-24(29)30/h9-12,14-15H,5-8,13H2,1-4H3/p+1. The summed E-state index contributed by atoms with van der Waals surface area (Å²) < 4.78 is 2.28. The molecule has 1 aromatic heterocycles. The first-order valence-corrected chi connectivity index (χ1v) is 10.2. The average Bonchev–Trinajstić information content (AvgIpc) is 2.71. The number of carbonyl (C=O) groups is 1. The SMILES string of the molecule is CN(C)c1ccc2c(C#N)c3ccc(N(C)C)cc3[n+](CCCCCC(=O)O)c2c1. The Morgan fingerprint density at radius 3 is 1.90 bits per heavy atom. The first kappa shape index (κ1) is 21.4. The minimum absolute atomic E-state index is 0.203. The first-order valence-electron chi connectivity index (χ1n) is 10.2. The number of aromatic nitrogens is 1. The molecule has 0 bridgehead atoms. The van der Waals surface area contributed by atoms with Gasteiger partial charge in [-0.15, -0.1) is 0 Å². The van der Waals surface area contributed by atoms with Gasteiger partial charge in [0.2, 0.25) is 11.0 Å². The number of fused-ring (bicyclic) bond motifs is 2. The second-order valence-electron chi connectivity index (χ2n) is 8.03. The van der Waals surface area contributed by atoms with Gasteiger partial charge < -0.3 is 14.9 Å². The van der Waals surface area contributed by atoms with Crippen LogP contribution in [0.4, 0.5) is 11.4 Å². The summed E-state index contributed by atoms with van der Waals surface area (Å²) in [6.45, 7) is 0.770. The van der Waals surface area contributed by atoms with Crippen LogP contribution in [-0.4, -0.2) is 39.3 Å². The van der Waals surface area contributed by atoms with Crippen LogP contribution in [-0.2, 0) is 11.3 Å². The molecule has 0 saturated carbocycles. The van der Waals surface area contributed by atoms with Gasteiger partial charge >= 0.3 is 5.97 Å². The van der Waals surface area contributed by atoms with Gasteiger partial charge in [-0.2, -0.15) is 9.83 Å². The molecule has 0 saturated heterocycles. The normalized spacial score (nSPS) is 10.9. The van der Waals surface area contributed by atoms with Crippen LogP contribution in [0.15, 0.2) is 36.4 Å². The van der Waals surface area contributed by atoms with Gasteiger partial charge in [-0.25, -0.2) is 0 Å². The number of rotatable bonds is 8. The van der Waals surface area contributed by atoms with E-state index in [-0.39, 0.29) is 6.42 Å². The van der Waals surface area contributed by atoms with Gasteiger partial charge in [-0.3, -0.25) is 4.79 Å². The molecule has 156 valence electrons. The Morgan fingerprint density at radius 2 is 1.47 bits per heavy atom. The summed E-state index contributed by atoms with van der Waals surface area (Å²) in [6.07, 6.45) is 2.61. The van der Waals surface area contributed by atoms with E-state index in [1.165, 1.54) is 0 Å². The molecule has 0 aliphatic heterocycles. The van der Waals surface area contributed by atoms with Gasteiger partial charge in [-0.05, 0) is 37.1 Å². The molecule has 1 N–H and O–H groups in total. The van der Waals surface area contributed by atoms with Crippen LogP contribution in [0.25, 0.3) is 21.8 Å². The molecular formula is C24H29N4O2+. The molecule has 6 nitrogen and oxygen atoms in total. The molecule has 0 aliphatic rings. The van der Waals surface area contributed by atoms with Crippen LogP contribution in [0.1, 0.15) is 31.2 Å².